The van der Waals surface area contributed by atoms with E-state index in [-0.39, 0.29) is 6.61 Å². The second kappa shape index (κ2) is 4.99. The maximum absolute atomic E-state index is 9.21. The van der Waals surface area contributed by atoms with E-state index in [9.17, 15) is 5.11 Å². The van der Waals surface area contributed by atoms with Crippen molar-refractivity contribution in [2.24, 2.45) is 0 Å². The lowest BCUT2D eigenvalue weighted by Crippen LogP contribution is -1.88. The van der Waals surface area contributed by atoms with Crippen LogP contribution in [-0.4, -0.2) is 10.1 Å². The molecule has 78 valence electrons. The Morgan fingerprint density at radius 3 is 3.00 bits per heavy atom. The van der Waals surface area contributed by atoms with Crippen LogP contribution in [0.25, 0.3) is 0 Å². The number of rotatable bonds is 3. The monoisotopic (exact) mass is 257 g/mol. The van der Waals surface area contributed by atoms with Gasteiger partial charge in [0.1, 0.15) is 0 Å². The van der Waals surface area contributed by atoms with Gasteiger partial charge in [0.25, 0.3) is 0 Å². The van der Waals surface area contributed by atoms with Crippen LogP contribution in [0.2, 0.25) is 5.02 Å². The van der Waals surface area contributed by atoms with E-state index >= 15 is 0 Å². The minimum atomic E-state index is -0.0482. The van der Waals surface area contributed by atoms with E-state index in [1.54, 1.807) is 23.6 Å². The number of aliphatic hydroxyl groups is 1. The largest absolute Gasteiger partial charge is 0.392 e. The van der Waals surface area contributed by atoms with Gasteiger partial charge in [0, 0.05) is 27.1 Å². The van der Waals surface area contributed by atoms with Crippen molar-refractivity contribution >= 4 is 34.7 Å². The van der Waals surface area contributed by atoms with Gasteiger partial charge in [0.05, 0.1) is 6.61 Å². The van der Waals surface area contributed by atoms with Crippen molar-refractivity contribution in [1.29, 1.82) is 0 Å². The van der Waals surface area contributed by atoms with Crippen molar-refractivity contribution in [2.75, 3.05) is 0 Å². The molecule has 0 amide bonds. The van der Waals surface area contributed by atoms with Crippen LogP contribution in [0.5, 0.6) is 0 Å². The van der Waals surface area contributed by atoms with Gasteiger partial charge in [-0.15, -0.1) is 11.3 Å². The topological polar surface area (TPSA) is 33.1 Å². The van der Waals surface area contributed by atoms with Gasteiger partial charge in [-0.1, -0.05) is 29.4 Å². The van der Waals surface area contributed by atoms with Gasteiger partial charge in [-0.2, -0.15) is 0 Å². The Labute approximate surface area is 101 Å². The molecule has 0 fully saturated rings. The first-order chi connectivity index (χ1) is 7.31. The molecule has 0 saturated carbocycles. The van der Waals surface area contributed by atoms with Crippen LogP contribution < -0.4 is 0 Å². The molecular formula is C10H8ClNOS2. The summed E-state index contributed by atoms with van der Waals surface area (Å²) >= 11 is 9.07. The van der Waals surface area contributed by atoms with Crippen LogP contribution in [0.4, 0.5) is 0 Å². The molecule has 0 aliphatic carbocycles. The summed E-state index contributed by atoms with van der Waals surface area (Å²) in [5.41, 5.74) is 0.763. The molecule has 15 heavy (non-hydrogen) atoms. The van der Waals surface area contributed by atoms with E-state index in [0.717, 1.165) is 14.8 Å². The molecule has 2 aromatic rings. The number of benzene rings is 1. The molecule has 0 atom stereocenters. The first-order valence-electron chi connectivity index (χ1n) is 4.27. The highest BCUT2D eigenvalue weighted by atomic mass is 35.5. The summed E-state index contributed by atoms with van der Waals surface area (Å²) in [4.78, 5) is 5.13. The minimum absolute atomic E-state index is 0.0482. The number of thiazole rings is 1. The van der Waals surface area contributed by atoms with Gasteiger partial charge < -0.3 is 5.11 Å². The third-order valence-electron chi connectivity index (χ3n) is 1.84. The Balaban J connectivity index is 2.32. The van der Waals surface area contributed by atoms with Crippen LogP contribution >= 0.6 is 34.7 Å². The number of aliphatic hydroxyl groups excluding tert-OH is 1. The SMILES string of the molecule is OCc1c(Cl)cccc1Sc1nccs1. The zero-order valence-electron chi connectivity index (χ0n) is 7.68. The number of hydrogen-bond acceptors (Lipinski definition) is 4. The molecule has 0 saturated heterocycles. The highest BCUT2D eigenvalue weighted by molar-refractivity contribution is 8.01. The molecule has 2 rings (SSSR count). The molecule has 1 aromatic carbocycles. The summed E-state index contributed by atoms with van der Waals surface area (Å²) in [6, 6.07) is 5.58. The van der Waals surface area contributed by atoms with E-state index in [4.69, 9.17) is 11.6 Å². The van der Waals surface area contributed by atoms with Gasteiger partial charge in [-0.3, -0.25) is 0 Å². The fourth-order valence-electron chi connectivity index (χ4n) is 1.14. The third kappa shape index (κ3) is 2.52. The molecule has 0 spiro atoms. The summed E-state index contributed by atoms with van der Waals surface area (Å²) < 4.78 is 0.951. The maximum Gasteiger partial charge on any atom is 0.154 e. The molecule has 0 unspecified atom stereocenters. The van der Waals surface area contributed by atoms with Crippen LogP contribution in [0.3, 0.4) is 0 Å². The fraction of sp³-hybridized carbons (Fsp3) is 0.100. The molecule has 5 heteroatoms. The van der Waals surface area contributed by atoms with Crippen molar-refractivity contribution < 1.29 is 5.11 Å². The predicted molar refractivity (Wildman–Crippen MR) is 63.6 cm³/mol. The average Bonchev–Trinajstić information content (AvgIpc) is 2.71. The average molecular weight is 258 g/mol. The van der Waals surface area contributed by atoms with E-state index in [1.165, 1.54) is 11.8 Å². The van der Waals surface area contributed by atoms with Gasteiger partial charge in [-0.25, -0.2) is 4.98 Å². The first-order valence-corrected chi connectivity index (χ1v) is 6.34. The van der Waals surface area contributed by atoms with Crippen molar-refractivity contribution in [3.8, 4) is 0 Å². The Kier molecular flexibility index (Phi) is 3.64. The van der Waals surface area contributed by atoms with Crippen LogP contribution in [-0.2, 0) is 6.61 Å². The van der Waals surface area contributed by atoms with Crippen molar-refractivity contribution in [1.82, 2.24) is 4.98 Å². The van der Waals surface area contributed by atoms with Gasteiger partial charge in [-0.05, 0) is 12.1 Å². The molecular weight excluding hydrogens is 250 g/mol. The quantitative estimate of drug-likeness (QED) is 0.914. The highest BCUT2D eigenvalue weighted by Crippen LogP contribution is 2.34. The zero-order valence-corrected chi connectivity index (χ0v) is 10.1. The summed E-state index contributed by atoms with van der Waals surface area (Å²) in [5, 5.41) is 11.7. The normalized spacial score (nSPS) is 10.5. The number of halogens is 1. The molecule has 0 bridgehead atoms. The van der Waals surface area contributed by atoms with Crippen LogP contribution in [0.15, 0.2) is 39.0 Å². The molecule has 1 aromatic heterocycles. The second-order valence-corrected chi connectivity index (χ2v) is 5.37. The standard InChI is InChI=1S/C10H8ClNOS2/c11-8-2-1-3-9(7(8)6-13)15-10-12-4-5-14-10/h1-5,13H,6H2. The Bertz CT molecular complexity index is 445. The Morgan fingerprint density at radius 2 is 2.33 bits per heavy atom. The van der Waals surface area contributed by atoms with E-state index in [0.29, 0.717) is 5.02 Å². The second-order valence-electron chi connectivity index (χ2n) is 2.77. The summed E-state index contributed by atoms with van der Waals surface area (Å²) in [6.45, 7) is -0.0482. The van der Waals surface area contributed by atoms with Gasteiger partial charge in [0.2, 0.25) is 0 Å². The molecule has 1 heterocycles. The van der Waals surface area contributed by atoms with Gasteiger partial charge in [0.15, 0.2) is 4.34 Å². The zero-order chi connectivity index (χ0) is 10.7. The smallest absolute Gasteiger partial charge is 0.154 e. The molecule has 2 nitrogen and oxygen atoms in total. The first kappa shape index (κ1) is 11.0. The molecule has 0 radical (unpaired) electrons. The highest BCUT2D eigenvalue weighted by Gasteiger charge is 2.08. The summed E-state index contributed by atoms with van der Waals surface area (Å²) in [6.07, 6.45) is 1.76. The lowest BCUT2D eigenvalue weighted by molar-refractivity contribution is 0.279. The minimum Gasteiger partial charge on any atom is -0.392 e. The fourth-order valence-corrected chi connectivity index (χ4v) is 3.17. The predicted octanol–water partition coefficient (Wildman–Crippen LogP) is 3.44. The van der Waals surface area contributed by atoms with Crippen LogP contribution in [0, 0.1) is 0 Å². The molecule has 1 N–H and O–H groups in total. The van der Waals surface area contributed by atoms with Crippen molar-refractivity contribution in [3.63, 3.8) is 0 Å². The lowest BCUT2D eigenvalue weighted by atomic mass is 10.2. The molecule has 0 aliphatic heterocycles. The van der Waals surface area contributed by atoms with Crippen molar-refractivity contribution in [2.45, 2.75) is 15.8 Å². The van der Waals surface area contributed by atoms with E-state index in [1.807, 2.05) is 17.5 Å². The lowest BCUT2D eigenvalue weighted by Gasteiger charge is -2.06. The maximum atomic E-state index is 9.21. The van der Waals surface area contributed by atoms with Gasteiger partial charge >= 0.3 is 0 Å². The Morgan fingerprint density at radius 1 is 1.47 bits per heavy atom. The van der Waals surface area contributed by atoms with E-state index in [2.05, 4.69) is 4.98 Å². The molecule has 0 aliphatic rings. The Hall–Kier alpha value is -0.550. The summed E-state index contributed by atoms with van der Waals surface area (Å²) in [5.74, 6) is 0. The number of nitrogens with zero attached hydrogens (tertiary/aromatic N) is 1. The van der Waals surface area contributed by atoms with Crippen molar-refractivity contribution in [3.05, 3.63) is 40.4 Å². The van der Waals surface area contributed by atoms with E-state index < -0.39 is 0 Å². The number of hydrogen-bond donors (Lipinski definition) is 1. The number of aromatic nitrogens is 1. The van der Waals surface area contributed by atoms with Crippen LogP contribution in [0.1, 0.15) is 5.56 Å². The summed E-state index contributed by atoms with van der Waals surface area (Å²) in [7, 11) is 0. The third-order valence-corrected chi connectivity index (χ3v) is 4.18.